The minimum atomic E-state index is -0.106. The Hall–Kier alpha value is -2.88. The molecule has 0 aliphatic carbocycles. The van der Waals surface area contributed by atoms with E-state index >= 15 is 0 Å². The van der Waals surface area contributed by atoms with E-state index < -0.39 is 0 Å². The van der Waals surface area contributed by atoms with E-state index in [1.807, 2.05) is 48.5 Å². The zero-order chi connectivity index (χ0) is 14.7. The van der Waals surface area contributed by atoms with Crippen LogP contribution < -0.4 is 5.32 Å². The van der Waals surface area contributed by atoms with Crippen molar-refractivity contribution in [2.45, 2.75) is 0 Å². The fourth-order valence-electron chi connectivity index (χ4n) is 2.29. The van der Waals surface area contributed by atoms with Gasteiger partial charge in [-0.25, -0.2) is 0 Å². The van der Waals surface area contributed by atoms with Crippen molar-refractivity contribution in [1.82, 2.24) is 15.3 Å². The van der Waals surface area contributed by atoms with Gasteiger partial charge in [0, 0.05) is 30.7 Å². The Morgan fingerprint density at radius 3 is 2.43 bits per heavy atom. The number of amides is 1. The van der Waals surface area contributed by atoms with Gasteiger partial charge in [0.25, 0.3) is 5.91 Å². The van der Waals surface area contributed by atoms with Crippen LogP contribution >= 0.6 is 0 Å². The molecule has 2 heterocycles. The van der Waals surface area contributed by atoms with Crippen molar-refractivity contribution in [2.24, 2.45) is 0 Å². The van der Waals surface area contributed by atoms with Gasteiger partial charge >= 0.3 is 0 Å². The average Bonchev–Trinajstić information content (AvgIpc) is 3.01. The highest BCUT2D eigenvalue weighted by Crippen LogP contribution is 2.28. The predicted molar refractivity (Wildman–Crippen MR) is 82.8 cm³/mol. The maximum Gasteiger partial charge on any atom is 0.253 e. The number of carbonyl (C=O) groups excluding carboxylic acids is 1. The van der Waals surface area contributed by atoms with Crippen LogP contribution in [0.2, 0.25) is 0 Å². The van der Waals surface area contributed by atoms with Crippen molar-refractivity contribution in [3.05, 3.63) is 66.5 Å². The number of pyridine rings is 1. The second-order valence-corrected chi connectivity index (χ2v) is 4.65. The number of nitrogens with one attached hydrogen (secondary N) is 2. The summed E-state index contributed by atoms with van der Waals surface area (Å²) in [5, 5.41) is 2.68. The van der Waals surface area contributed by atoms with E-state index in [0.29, 0.717) is 5.56 Å². The number of rotatable bonds is 3. The molecule has 21 heavy (non-hydrogen) atoms. The van der Waals surface area contributed by atoms with Crippen LogP contribution in [0.25, 0.3) is 22.5 Å². The third-order valence-corrected chi connectivity index (χ3v) is 3.34. The Bertz CT molecular complexity index is 748. The highest BCUT2D eigenvalue weighted by atomic mass is 16.1. The van der Waals surface area contributed by atoms with E-state index in [0.717, 1.165) is 22.5 Å². The molecule has 0 aliphatic heterocycles. The largest absolute Gasteiger partial charge is 0.355 e. The van der Waals surface area contributed by atoms with E-state index in [-0.39, 0.29) is 5.91 Å². The van der Waals surface area contributed by atoms with E-state index in [4.69, 9.17) is 0 Å². The monoisotopic (exact) mass is 277 g/mol. The molecule has 1 aromatic carbocycles. The molecule has 0 aliphatic rings. The molecule has 2 aromatic heterocycles. The van der Waals surface area contributed by atoms with Crippen molar-refractivity contribution in [3.63, 3.8) is 0 Å². The van der Waals surface area contributed by atoms with Gasteiger partial charge in [-0.15, -0.1) is 0 Å². The maximum atomic E-state index is 12.1. The van der Waals surface area contributed by atoms with Crippen LogP contribution in [0.15, 0.2) is 60.9 Å². The molecule has 0 bridgehead atoms. The van der Waals surface area contributed by atoms with E-state index in [2.05, 4.69) is 15.3 Å². The summed E-state index contributed by atoms with van der Waals surface area (Å²) in [6.07, 6.45) is 3.47. The van der Waals surface area contributed by atoms with Gasteiger partial charge in [-0.2, -0.15) is 0 Å². The van der Waals surface area contributed by atoms with Gasteiger partial charge < -0.3 is 10.3 Å². The molecule has 0 saturated carbocycles. The van der Waals surface area contributed by atoms with Gasteiger partial charge in [-0.05, 0) is 23.8 Å². The number of hydrogen-bond donors (Lipinski definition) is 2. The van der Waals surface area contributed by atoms with Crippen LogP contribution in [0.1, 0.15) is 10.4 Å². The molecule has 104 valence electrons. The third-order valence-electron chi connectivity index (χ3n) is 3.34. The second-order valence-electron chi connectivity index (χ2n) is 4.65. The fraction of sp³-hybridized carbons (Fsp3) is 0.0588. The molecule has 1 amide bonds. The molecule has 0 saturated heterocycles. The molecule has 0 radical (unpaired) electrons. The van der Waals surface area contributed by atoms with Crippen LogP contribution in [0.5, 0.6) is 0 Å². The number of aromatic nitrogens is 2. The number of aromatic amines is 1. The summed E-state index contributed by atoms with van der Waals surface area (Å²) in [5.74, 6) is -0.106. The lowest BCUT2D eigenvalue weighted by Gasteiger charge is -2.02. The van der Waals surface area contributed by atoms with Crippen molar-refractivity contribution in [3.8, 4) is 22.5 Å². The Morgan fingerprint density at radius 1 is 1.05 bits per heavy atom. The molecular weight excluding hydrogens is 262 g/mol. The maximum absolute atomic E-state index is 12.1. The van der Waals surface area contributed by atoms with Crippen molar-refractivity contribution in [2.75, 3.05) is 7.05 Å². The summed E-state index contributed by atoms with van der Waals surface area (Å²) in [6.45, 7) is 0. The molecule has 3 aromatic rings. The predicted octanol–water partition coefficient (Wildman–Crippen LogP) is 3.10. The number of benzene rings is 1. The number of H-pyrrole nitrogens is 1. The summed E-state index contributed by atoms with van der Waals surface area (Å²) >= 11 is 0. The first-order valence-corrected chi connectivity index (χ1v) is 6.70. The summed E-state index contributed by atoms with van der Waals surface area (Å²) in [5.41, 5.74) is 4.33. The van der Waals surface area contributed by atoms with Crippen molar-refractivity contribution >= 4 is 5.91 Å². The van der Waals surface area contributed by atoms with Crippen molar-refractivity contribution < 1.29 is 4.79 Å². The zero-order valence-corrected chi connectivity index (χ0v) is 11.6. The molecule has 0 atom stereocenters. The van der Waals surface area contributed by atoms with Gasteiger partial charge in [0.2, 0.25) is 0 Å². The minimum absolute atomic E-state index is 0.106. The van der Waals surface area contributed by atoms with E-state index in [1.165, 1.54) is 0 Å². The third kappa shape index (κ3) is 2.56. The Morgan fingerprint density at radius 2 is 1.76 bits per heavy atom. The summed E-state index contributed by atoms with van der Waals surface area (Å²) < 4.78 is 0. The summed E-state index contributed by atoms with van der Waals surface area (Å²) in [6, 6.07) is 15.5. The van der Waals surface area contributed by atoms with Crippen LogP contribution in [-0.4, -0.2) is 22.9 Å². The van der Waals surface area contributed by atoms with Crippen LogP contribution in [-0.2, 0) is 0 Å². The molecule has 0 spiro atoms. The van der Waals surface area contributed by atoms with Crippen molar-refractivity contribution in [1.29, 1.82) is 0 Å². The highest BCUT2D eigenvalue weighted by molar-refractivity contribution is 6.01. The van der Waals surface area contributed by atoms with Gasteiger partial charge in [0.1, 0.15) is 0 Å². The lowest BCUT2D eigenvalue weighted by molar-refractivity contribution is 0.0964. The second kappa shape index (κ2) is 5.63. The average molecular weight is 277 g/mol. The summed E-state index contributed by atoms with van der Waals surface area (Å²) in [7, 11) is 1.64. The molecule has 0 unspecified atom stereocenters. The molecule has 4 heteroatoms. The first-order chi connectivity index (χ1) is 10.3. The molecule has 4 nitrogen and oxygen atoms in total. The van der Waals surface area contributed by atoms with E-state index in [1.54, 1.807) is 19.4 Å². The van der Waals surface area contributed by atoms with Crippen LogP contribution in [0.4, 0.5) is 0 Å². The quantitative estimate of drug-likeness (QED) is 0.773. The fourth-order valence-corrected chi connectivity index (χ4v) is 2.29. The Kier molecular flexibility index (Phi) is 3.51. The zero-order valence-electron chi connectivity index (χ0n) is 11.6. The van der Waals surface area contributed by atoms with Gasteiger partial charge in [-0.3, -0.25) is 9.78 Å². The lowest BCUT2D eigenvalue weighted by atomic mass is 10.1. The highest BCUT2D eigenvalue weighted by Gasteiger charge is 2.16. The summed E-state index contributed by atoms with van der Waals surface area (Å²) in [4.78, 5) is 19.5. The smallest absolute Gasteiger partial charge is 0.253 e. The molecule has 0 fully saturated rings. The SMILES string of the molecule is CNC(=O)c1cc(-c2ccncc2)[nH]c1-c1ccccc1. The number of carbonyl (C=O) groups is 1. The Balaban J connectivity index is 2.14. The van der Waals surface area contributed by atoms with Crippen LogP contribution in [0.3, 0.4) is 0 Å². The number of nitrogens with zero attached hydrogens (tertiary/aromatic N) is 1. The molecule has 2 N–H and O–H groups in total. The van der Waals surface area contributed by atoms with Gasteiger partial charge in [0.05, 0.1) is 11.3 Å². The Labute approximate surface area is 122 Å². The first kappa shape index (κ1) is 13.1. The normalized spacial score (nSPS) is 10.3. The van der Waals surface area contributed by atoms with Gasteiger partial charge in [-0.1, -0.05) is 30.3 Å². The van der Waals surface area contributed by atoms with Gasteiger partial charge in [0.15, 0.2) is 0 Å². The van der Waals surface area contributed by atoms with E-state index in [9.17, 15) is 4.79 Å². The number of hydrogen-bond acceptors (Lipinski definition) is 2. The topological polar surface area (TPSA) is 57.8 Å². The molecule has 3 rings (SSSR count). The lowest BCUT2D eigenvalue weighted by Crippen LogP contribution is -2.17. The standard InChI is InChI=1S/C17H15N3O/c1-18-17(21)14-11-15(12-7-9-19-10-8-12)20-16(14)13-5-3-2-4-6-13/h2-11,20H,1H3,(H,18,21). The first-order valence-electron chi connectivity index (χ1n) is 6.70. The molecular formula is C17H15N3O. The minimum Gasteiger partial charge on any atom is -0.355 e. The van der Waals surface area contributed by atoms with Crippen LogP contribution in [0, 0.1) is 0 Å².